The number of rotatable bonds is 9. The van der Waals surface area contributed by atoms with Gasteiger partial charge in [-0.3, -0.25) is 19.3 Å². The Bertz CT molecular complexity index is 1050. The number of ether oxygens (including phenoxy) is 1. The molecule has 1 aliphatic carbocycles. The van der Waals surface area contributed by atoms with Gasteiger partial charge >= 0.3 is 5.97 Å². The number of fused-ring (bicyclic) bond motifs is 1. The van der Waals surface area contributed by atoms with E-state index in [4.69, 9.17) is 4.74 Å². The van der Waals surface area contributed by atoms with Gasteiger partial charge in [0.05, 0.1) is 25.8 Å². The van der Waals surface area contributed by atoms with Gasteiger partial charge in [-0.2, -0.15) is 0 Å². The number of esters is 1. The fourth-order valence-electron chi connectivity index (χ4n) is 3.70. The number of nitrogens with zero attached hydrogens (tertiary/aromatic N) is 1. The molecule has 1 aromatic carbocycles. The Morgan fingerprint density at radius 1 is 0.970 bits per heavy atom. The SMILES string of the molecule is CCN(CC(=O)Nc1ccc(NC(C)=O)cc1)CC(=O)Nc1sc2c(c1C(=O)OC)CCC2. The van der Waals surface area contributed by atoms with Crippen molar-refractivity contribution in [1.82, 2.24) is 4.90 Å². The van der Waals surface area contributed by atoms with E-state index in [9.17, 15) is 19.2 Å². The highest BCUT2D eigenvalue weighted by atomic mass is 32.1. The first kappa shape index (κ1) is 24.4. The smallest absolute Gasteiger partial charge is 0.341 e. The Labute approximate surface area is 196 Å². The first-order valence-corrected chi connectivity index (χ1v) is 11.5. The number of anilines is 3. The van der Waals surface area contributed by atoms with Gasteiger partial charge in [0.2, 0.25) is 17.7 Å². The van der Waals surface area contributed by atoms with E-state index in [0.29, 0.717) is 28.5 Å². The molecule has 3 amide bonds. The van der Waals surface area contributed by atoms with E-state index < -0.39 is 5.97 Å². The fourth-order valence-corrected chi connectivity index (χ4v) is 5.00. The Morgan fingerprint density at radius 2 is 1.58 bits per heavy atom. The number of benzene rings is 1. The quantitative estimate of drug-likeness (QED) is 0.483. The van der Waals surface area contributed by atoms with Crippen LogP contribution >= 0.6 is 11.3 Å². The molecule has 33 heavy (non-hydrogen) atoms. The molecule has 0 radical (unpaired) electrons. The third-order valence-electron chi connectivity index (χ3n) is 5.23. The molecule has 1 aliphatic rings. The zero-order valence-electron chi connectivity index (χ0n) is 18.9. The summed E-state index contributed by atoms with van der Waals surface area (Å²) in [5, 5.41) is 8.79. The van der Waals surface area contributed by atoms with Crippen LogP contribution in [0, 0.1) is 0 Å². The highest BCUT2D eigenvalue weighted by Gasteiger charge is 2.28. The van der Waals surface area contributed by atoms with Crippen LogP contribution in [0.2, 0.25) is 0 Å². The van der Waals surface area contributed by atoms with Crippen LogP contribution in [-0.4, -0.2) is 55.3 Å². The summed E-state index contributed by atoms with van der Waals surface area (Å²) in [5.74, 6) is -1.17. The molecule has 3 N–H and O–H groups in total. The number of methoxy groups -OCH3 is 1. The van der Waals surface area contributed by atoms with Crippen molar-refractivity contribution < 1.29 is 23.9 Å². The minimum atomic E-state index is -0.444. The Hall–Kier alpha value is -3.24. The van der Waals surface area contributed by atoms with Crippen molar-refractivity contribution in [1.29, 1.82) is 0 Å². The summed E-state index contributed by atoms with van der Waals surface area (Å²) in [6, 6.07) is 6.77. The van der Waals surface area contributed by atoms with Crippen LogP contribution in [0.15, 0.2) is 24.3 Å². The average molecular weight is 473 g/mol. The summed E-state index contributed by atoms with van der Waals surface area (Å²) in [4.78, 5) is 51.3. The van der Waals surface area contributed by atoms with E-state index in [2.05, 4.69) is 16.0 Å². The lowest BCUT2D eigenvalue weighted by Crippen LogP contribution is -2.38. The van der Waals surface area contributed by atoms with Crippen LogP contribution in [0.4, 0.5) is 16.4 Å². The van der Waals surface area contributed by atoms with E-state index in [1.54, 1.807) is 29.2 Å². The fraction of sp³-hybridized carbons (Fsp3) is 0.391. The summed E-state index contributed by atoms with van der Waals surface area (Å²) >= 11 is 1.42. The van der Waals surface area contributed by atoms with Crippen molar-refractivity contribution in [2.24, 2.45) is 0 Å². The van der Waals surface area contributed by atoms with Crippen molar-refractivity contribution in [3.8, 4) is 0 Å². The summed E-state index contributed by atoms with van der Waals surface area (Å²) in [7, 11) is 1.33. The van der Waals surface area contributed by atoms with Crippen molar-refractivity contribution in [2.45, 2.75) is 33.1 Å². The predicted octanol–water partition coefficient (Wildman–Crippen LogP) is 2.88. The molecule has 176 valence electrons. The summed E-state index contributed by atoms with van der Waals surface area (Å²) in [5.41, 5.74) is 2.65. The van der Waals surface area contributed by atoms with Crippen molar-refractivity contribution in [3.05, 3.63) is 40.3 Å². The van der Waals surface area contributed by atoms with Gasteiger partial charge in [-0.05, 0) is 55.6 Å². The molecular weight excluding hydrogens is 444 g/mol. The van der Waals surface area contributed by atoms with Crippen LogP contribution < -0.4 is 16.0 Å². The van der Waals surface area contributed by atoms with Gasteiger partial charge in [0.1, 0.15) is 5.00 Å². The molecule has 0 spiro atoms. The number of hydrogen-bond donors (Lipinski definition) is 3. The van der Waals surface area contributed by atoms with Gasteiger partial charge < -0.3 is 20.7 Å². The molecule has 0 saturated carbocycles. The molecule has 1 aromatic heterocycles. The number of amides is 3. The van der Waals surface area contributed by atoms with Crippen molar-refractivity contribution >= 4 is 51.4 Å². The first-order chi connectivity index (χ1) is 15.8. The highest BCUT2D eigenvalue weighted by molar-refractivity contribution is 7.17. The largest absolute Gasteiger partial charge is 0.465 e. The van der Waals surface area contributed by atoms with Gasteiger partial charge in [0.15, 0.2) is 0 Å². The maximum atomic E-state index is 12.7. The average Bonchev–Trinajstić information content (AvgIpc) is 3.34. The van der Waals surface area contributed by atoms with E-state index in [-0.39, 0.29) is 30.8 Å². The zero-order chi connectivity index (χ0) is 24.0. The molecule has 3 rings (SSSR count). The molecule has 1 heterocycles. The second-order valence-electron chi connectivity index (χ2n) is 7.71. The van der Waals surface area contributed by atoms with Gasteiger partial charge in [-0.1, -0.05) is 6.92 Å². The number of carbonyl (C=O) groups excluding carboxylic acids is 4. The number of aryl methyl sites for hydroxylation is 1. The molecule has 10 heteroatoms. The topological polar surface area (TPSA) is 117 Å². The van der Waals surface area contributed by atoms with Crippen molar-refractivity contribution in [3.63, 3.8) is 0 Å². The second kappa shape index (κ2) is 11.1. The number of nitrogens with one attached hydrogen (secondary N) is 3. The minimum absolute atomic E-state index is 0.00850. The van der Waals surface area contributed by atoms with Gasteiger partial charge in [-0.15, -0.1) is 11.3 Å². The molecule has 0 unspecified atom stereocenters. The number of hydrogen-bond acceptors (Lipinski definition) is 7. The van der Waals surface area contributed by atoms with Gasteiger partial charge in [0.25, 0.3) is 0 Å². The summed E-state index contributed by atoms with van der Waals surface area (Å²) < 4.78 is 4.91. The normalized spacial score (nSPS) is 12.2. The third-order valence-corrected chi connectivity index (χ3v) is 6.44. The van der Waals surface area contributed by atoms with E-state index in [1.807, 2.05) is 6.92 Å². The lowest BCUT2D eigenvalue weighted by atomic mass is 10.1. The van der Waals surface area contributed by atoms with Crippen LogP contribution in [0.5, 0.6) is 0 Å². The van der Waals surface area contributed by atoms with E-state index in [1.165, 1.54) is 25.4 Å². The molecular formula is C23H28N4O5S. The maximum absolute atomic E-state index is 12.7. The molecule has 0 saturated heterocycles. The third kappa shape index (κ3) is 6.39. The Balaban J connectivity index is 1.56. The summed E-state index contributed by atoms with van der Waals surface area (Å²) in [6.07, 6.45) is 2.69. The van der Waals surface area contributed by atoms with Gasteiger partial charge in [-0.25, -0.2) is 4.79 Å². The first-order valence-electron chi connectivity index (χ1n) is 10.7. The highest BCUT2D eigenvalue weighted by Crippen LogP contribution is 2.39. The Kier molecular flexibility index (Phi) is 8.18. The van der Waals surface area contributed by atoms with E-state index >= 15 is 0 Å². The zero-order valence-corrected chi connectivity index (χ0v) is 19.8. The van der Waals surface area contributed by atoms with Crippen LogP contribution in [0.25, 0.3) is 0 Å². The van der Waals surface area contributed by atoms with E-state index in [0.717, 1.165) is 29.7 Å². The lowest BCUT2D eigenvalue weighted by molar-refractivity contribution is -0.120. The summed E-state index contributed by atoms with van der Waals surface area (Å²) in [6.45, 7) is 3.82. The number of thiophene rings is 1. The Morgan fingerprint density at radius 3 is 2.15 bits per heavy atom. The van der Waals surface area contributed by atoms with Crippen molar-refractivity contribution in [2.75, 3.05) is 42.7 Å². The molecule has 2 aromatic rings. The standard InChI is InChI=1S/C23H28N4O5S/c1-4-27(12-19(29)25-16-10-8-15(9-11-16)24-14(2)28)13-20(30)26-22-21(23(31)32-3)17-6-5-7-18(17)33-22/h8-11H,4-7,12-13H2,1-3H3,(H,24,28)(H,25,29)(H,26,30). The predicted molar refractivity (Wildman–Crippen MR) is 128 cm³/mol. The lowest BCUT2D eigenvalue weighted by Gasteiger charge is -2.19. The van der Waals surface area contributed by atoms with Gasteiger partial charge in [0, 0.05) is 23.2 Å². The molecule has 0 aliphatic heterocycles. The number of likely N-dealkylation sites (N-methyl/N-ethyl adjacent to an activating group) is 1. The molecule has 9 nitrogen and oxygen atoms in total. The van der Waals surface area contributed by atoms with Crippen LogP contribution in [0.1, 0.15) is 41.1 Å². The monoisotopic (exact) mass is 472 g/mol. The second-order valence-corrected chi connectivity index (χ2v) is 8.82. The number of carbonyl (C=O) groups is 4. The molecule has 0 fully saturated rings. The van der Waals surface area contributed by atoms with Crippen LogP contribution in [-0.2, 0) is 32.0 Å². The molecule has 0 bridgehead atoms. The van der Waals surface area contributed by atoms with Crippen LogP contribution in [0.3, 0.4) is 0 Å². The maximum Gasteiger partial charge on any atom is 0.341 e. The minimum Gasteiger partial charge on any atom is -0.465 e. The molecule has 0 atom stereocenters.